The molecule has 0 heterocycles. The molecular weight excluding hydrogens is 296 g/mol. The molecule has 0 saturated heterocycles. The van der Waals surface area contributed by atoms with Crippen LogP contribution >= 0.6 is 0 Å². The van der Waals surface area contributed by atoms with Crippen molar-refractivity contribution in [2.75, 3.05) is 0 Å². The molecule has 1 amide bonds. The van der Waals surface area contributed by atoms with Crippen molar-refractivity contribution in [2.24, 2.45) is 5.73 Å². The molecule has 1 saturated carbocycles. The van der Waals surface area contributed by atoms with Gasteiger partial charge in [0.1, 0.15) is 0 Å². The van der Waals surface area contributed by atoms with Crippen LogP contribution in [0.3, 0.4) is 0 Å². The first-order chi connectivity index (χ1) is 11.6. The van der Waals surface area contributed by atoms with E-state index in [1.54, 1.807) is 0 Å². The van der Waals surface area contributed by atoms with Crippen molar-refractivity contribution < 1.29 is 4.79 Å². The second-order valence-electron chi connectivity index (χ2n) is 7.11. The second-order valence-corrected chi connectivity index (χ2v) is 7.11. The minimum Gasteiger partial charge on any atom is -0.335 e. The highest BCUT2D eigenvalue weighted by molar-refractivity contribution is 5.86. The molecule has 1 aliphatic rings. The van der Waals surface area contributed by atoms with Gasteiger partial charge in [0.05, 0.1) is 0 Å². The average Bonchev–Trinajstić information content (AvgIpc) is 3.12. The summed E-state index contributed by atoms with van der Waals surface area (Å²) < 4.78 is 0. The molecule has 0 spiro atoms. The quantitative estimate of drug-likeness (QED) is 0.864. The van der Waals surface area contributed by atoms with Crippen molar-refractivity contribution in [1.29, 1.82) is 0 Å². The van der Waals surface area contributed by atoms with Gasteiger partial charge in [-0.2, -0.15) is 0 Å². The number of nitrogens with two attached hydrogens (primary N) is 1. The summed E-state index contributed by atoms with van der Waals surface area (Å²) in [6.07, 6.45) is 6.05. The zero-order valence-electron chi connectivity index (χ0n) is 14.6. The van der Waals surface area contributed by atoms with Crippen LogP contribution in [-0.4, -0.2) is 22.9 Å². The van der Waals surface area contributed by atoms with Gasteiger partial charge in [-0.1, -0.05) is 55.3 Å². The zero-order chi connectivity index (χ0) is 16.9. The fourth-order valence-corrected chi connectivity index (χ4v) is 3.75. The Morgan fingerprint density at radius 3 is 2.62 bits per heavy atom. The van der Waals surface area contributed by atoms with Crippen LogP contribution in [0, 0.1) is 0 Å². The number of carbonyl (C=O) groups excluding carboxylic acids is 1. The van der Waals surface area contributed by atoms with Gasteiger partial charge in [0.25, 0.3) is 0 Å². The van der Waals surface area contributed by atoms with Crippen molar-refractivity contribution in [1.82, 2.24) is 4.90 Å². The Balaban J connectivity index is 1.83. The molecule has 3 rings (SSSR count). The average molecular weight is 324 g/mol. The standard InChI is InChI=1S/C21H28N2O/c1-16(22)13-14-21(24)23(19-10-3-4-11-19)15-18-9-6-8-17-7-2-5-12-20(17)18/h2,5-9,12,16,19H,3-4,10-11,13-15,22H2,1H3. The predicted molar refractivity (Wildman–Crippen MR) is 99.6 cm³/mol. The largest absolute Gasteiger partial charge is 0.335 e. The van der Waals surface area contributed by atoms with E-state index in [1.165, 1.54) is 29.2 Å². The Morgan fingerprint density at radius 2 is 1.88 bits per heavy atom. The Bertz CT molecular complexity index is 684. The highest BCUT2D eigenvalue weighted by Crippen LogP contribution is 2.28. The molecule has 3 nitrogen and oxygen atoms in total. The van der Waals surface area contributed by atoms with Crippen LogP contribution in [-0.2, 0) is 11.3 Å². The lowest BCUT2D eigenvalue weighted by molar-refractivity contribution is -0.134. The van der Waals surface area contributed by atoms with Crippen molar-refractivity contribution in [3.8, 4) is 0 Å². The molecule has 1 fully saturated rings. The fourth-order valence-electron chi connectivity index (χ4n) is 3.75. The van der Waals surface area contributed by atoms with E-state index in [0.29, 0.717) is 19.0 Å². The normalized spacial score (nSPS) is 16.4. The highest BCUT2D eigenvalue weighted by atomic mass is 16.2. The number of nitrogens with zero attached hydrogens (tertiary/aromatic N) is 1. The van der Waals surface area contributed by atoms with Gasteiger partial charge in [-0.3, -0.25) is 4.79 Å². The maximum atomic E-state index is 12.8. The molecule has 24 heavy (non-hydrogen) atoms. The molecule has 0 aromatic heterocycles. The van der Waals surface area contributed by atoms with Crippen LogP contribution in [0.1, 0.15) is 51.0 Å². The van der Waals surface area contributed by atoms with Crippen molar-refractivity contribution in [2.45, 2.75) is 64.1 Å². The van der Waals surface area contributed by atoms with E-state index in [2.05, 4.69) is 47.4 Å². The first kappa shape index (κ1) is 17.0. The molecule has 0 bridgehead atoms. The maximum absolute atomic E-state index is 12.8. The minimum absolute atomic E-state index is 0.0805. The molecule has 1 aliphatic carbocycles. The SMILES string of the molecule is CC(N)CCC(=O)N(Cc1cccc2ccccc12)C1CCCC1. The lowest BCUT2D eigenvalue weighted by Gasteiger charge is -2.30. The number of benzene rings is 2. The summed E-state index contributed by atoms with van der Waals surface area (Å²) >= 11 is 0. The summed E-state index contributed by atoms with van der Waals surface area (Å²) in [6, 6.07) is 15.3. The third kappa shape index (κ3) is 3.96. The highest BCUT2D eigenvalue weighted by Gasteiger charge is 2.27. The fraction of sp³-hybridized carbons (Fsp3) is 0.476. The van der Waals surface area contributed by atoms with Crippen LogP contribution in [0.5, 0.6) is 0 Å². The van der Waals surface area contributed by atoms with Gasteiger partial charge >= 0.3 is 0 Å². The second kappa shape index (κ2) is 7.80. The zero-order valence-corrected chi connectivity index (χ0v) is 14.6. The van der Waals surface area contributed by atoms with Gasteiger partial charge in [-0.15, -0.1) is 0 Å². The van der Waals surface area contributed by atoms with E-state index in [4.69, 9.17) is 5.73 Å². The molecule has 1 unspecified atom stereocenters. The van der Waals surface area contributed by atoms with E-state index in [1.807, 2.05) is 6.92 Å². The molecular formula is C21H28N2O. The number of carbonyl (C=O) groups is 1. The summed E-state index contributed by atoms with van der Waals surface area (Å²) in [4.78, 5) is 15.0. The van der Waals surface area contributed by atoms with Crippen molar-refractivity contribution in [3.05, 3.63) is 48.0 Å². The molecule has 3 heteroatoms. The molecule has 2 aromatic rings. The van der Waals surface area contributed by atoms with Crippen molar-refractivity contribution in [3.63, 3.8) is 0 Å². The van der Waals surface area contributed by atoms with Gasteiger partial charge < -0.3 is 10.6 Å². The molecule has 0 radical (unpaired) electrons. The van der Waals surface area contributed by atoms with E-state index in [0.717, 1.165) is 19.3 Å². The first-order valence-electron chi connectivity index (χ1n) is 9.17. The lowest BCUT2D eigenvalue weighted by Crippen LogP contribution is -2.38. The predicted octanol–water partition coefficient (Wildman–Crippen LogP) is 4.24. The van der Waals surface area contributed by atoms with Crippen LogP contribution in [0.4, 0.5) is 0 Å². The summed E-state index contributed by atoms with van der Waals surface area (Å²) in [7, 11) is 0. The van der Waals surface area contributed by atoms with E-state index in [-0.39, 0.29) is 11.9 Å². The monoisotopic (exact) mass is 324 g/mol. The van der Waals surface area contributed by atoms with E-state index >= 15 is 0 Å². The molecule has 0 aliphatic heterocycles. The number of rotatable bonds is 6. The third-order valence-corrected chi connectivity index (χ3v) is 5.12. The van der Waals surface area contributed by atoms with Gasteiger partial charge in [0.15, 0.2) is 0 Å². The van der Waals surface area contributed by atoms with Gasteiger partial charge in [0.2, 0.25) is 5.91 Å². The first-order valence-corrected chi connectivity index (χ1v) is 9.17. The minimum atomic E-state index is 0.0805. The summed E-state index contributed by atoms with van der Waals surface area (Å²) in [6.45, 7) is 2.68. The number of fused-ring (bicyclic) bond motifs is 1. The summed E-state index contributed by atoms with van der Waals surface area (Å²) in [5.41, 5.74) is 7.10. The smallest absolute Gasteiger partial charge is 0.223 e. The van der Waals surface area contributed by atoms with Gasteiger partial charge in [-0.25, -0.2) is 0 Å². The number of amides is 1. The number of hydrogen-bond donors (Lipinski definition) is 1. The molecule has 128 valence electrons. The van der Waals surface area contributed by atoms with Crippen LogP contribution in [0.15, 0.2) is 42.5 Å². The third-order valence-electron chi connectivity index (χ3n) is 5.12. The van der Waals surface area contributed by atoms with Gasteiger partial charge in [0, 0.05) is 25.0 Å². The van der Waals surface area contributed by atoms with Crippen LogP contribution in [0.25, 0.3) is 10.8 Å². The Morgan fingerprint density at radius 1 is 1.17 bits per heavy atom. The van der Waals surface area contributed by atoms with Crippen molar-refractivity contribution >= 4 is 16.7 Å². The van der Waals surface area contributed by atoms with Crippen LogP contribution < -0.4 is 5.73 Å². The van der Waals surface area contributed by atoms with Crippen LogP contribution in [0.2, 0.25) is 0 Å². The lowest BCUT2D eigenvalue weighted by atomic mass is 10.0. The maximum Gasteiger partial charge on any atom is 0.223 e. The number of hydrogen-bond acceptors (Lipinski definition) is 2. The molecule has 2 N–H and O–H groups in total. The van der Waals surface area contributed by atoms with E-state index in [9.17, 15) is 4.79 Å². The van der Waals surface area contributed by atoms with Gasteiger partial charge in [-0.05, 0) is 42.5 Å². The molecule has 1 atom stereocenters. The summed E-state index contributed by atoms with van der Waals surface area (Å²) in [5.74, 6) is 0.257. The Kier molecular flexibility index (Phi) is 5.52. The Labute approximate surface area is 144 Å². The van der Waals surface area contributed by atoms with E-state index < -0.39 is 0 Å². The topological polar surface area (TPSA) is 46.3 Å². The molecule has 2 aromatic carbocycles. The summed E-state index contributed by atoms with van der Waals surface area (Å²) in [5, 5.41) is 2.49. The Hall–Kier alpha value is -1.87.